The van der Waals surface area contributed by atoms with Gasteiger partial charge in [0.1, 0.15) is 0 Å². The van der Waals surface area contributed by atoms with Crippen molar-refractivity contribution in [1.82, 2.24) is 31.6 Å². The van der Waals surface area contributed by atoms with Gasteiger partial charge in [-0.3, -0.25) is 24.1 Å². The molecular formula is C47H60N8O5. The van der Waals surface area contributed by atoms with Crippen LogP contribution in [0.1, 0.15) is 82.7 Å². The van der Waals surface area contributed by atoms with Crippen molar-refractivity contribution in [2.75, 3.05) is 76.2 Å². The van der Waals surface area contributed by atoms with Gasteiger partial charge in [0, 0.05) is 84.3 Å². The van der Waals surface area contributed by atoms with Gasteiger partial charge in [-0.2, -0.15) is 0 Å². The molecule has 5 aliphatic rings. The molecule has 60 heavy (non-hydrogen) atoms. The van der Waals surface area contributed by atoms with E-state index in [1.54, 1.807) is 0 Å². The predicted molar refractivity (Wildman–Crippen MR) is 239 cm³/mol. The zero-order valence-corrected chi connectivity index (χ0v) is 36.0. The molecule has 0 unspecified atom stereocenters. The first-order chi connectivity index (χ1) is 28.4. The highest BCUT2D eigenvalue weighted by molar-refractivity contribution is 6.35. The number of morpholine rings is 1. The standard InChI is InChI=1S/C24H29N3O3.C23H28N4O2.H3N/c1-15-4-5-21-19(12-15)20(23(28)26-21)14-18-13-16(2)22(17(18)3)24(29)25-6-7-27-8-10-30-11-9-27;1-14-6-7-19-17(12-14)18(22(28)26-19)13-20-15(2)21(16(3)25-20)23(29)24-8-11-27-9-4-5-10-27;/h4-5,12,14H,6-11,13H2,1-3H3,(H,25,29)(H,26,28);6-7,12-13,25H,4-5,8-11H2,1-3H3,(H,24,29)(H,26,28);1H3/b20-14-;18-13-;. The van der Waals surface area contributed by atoms with Crippen LogP contribution in [-0.4, -0.2) is 104 Å². The fourth-order valence-corrected chi connectivity index (χ4v) is 8.64. The van der Waals surface area contributed by atoms with Crippen LogP contribution in [0.3, 0.4) is 0 Å². The minimum absolute atomic E-state index is 0. The zero-order valence-electron chi connectivity index (χ0n) is 36.0. The number of rotatable bonds is 10. The molecule has 8 N–H and O–H groups in total. The zero-order chi connectivity index (χ0) is 41.8. The maximum absolute atomic E-state index is 12.9. The van der Waals surface area contributed by atoms with E-state index in [1.165, 1.54) is 12.8 Å². The lowest BCUT2D eigenvalue weighted by Crippen LogP contribution is -2.41. The normalized spacial score (nSPS) is 18.9. The largest absolute Gasteiger partial charge is 0.379 e. The number of carbonyl (C=O) groups excluding carboxylic acids is 4. The van der Waals surface area contributed by atoms with E-state index in [2.05, 4.69) is 36.1 Å². The number of anilines is 2. The van der Waals surface area contributed by atoms with E-state index in [1.807, 2.05) is 90.1 Å². The van der Waals surface area contributed by atoms with Gasteiger partial charge in [0.2, 0.25) is 0 Å². The summed E-state index contributed by atoms with van der Waals surface area (Å²) in [7, 11) is 0. The summed E-state index contributed by atoms with van der Waals surface area (Å²) in [5.41, 5.74) is 13.9. The number of fused-ring (bicyclic) bond motifs is 2. The number of H-pyrrole nitrogens is 1. The Hall–Kier alpha value is -5.60. The van der Waals surface area contributed by atoms with E-state index >= 15 is 0 Å². The molecule has 3 aromatic rings. The SMILES string of the molecule is CC1=C(C(=O)NCCN2CCOCC2)C(C)=C(/C=C2\C(=O)Nc3ccc(C)cc32)C1.Cc1ccc2c(c1)/C(=C/c1[nH]c(C)c(C(=O)NCCN3CCCC3)c1C)C(=O)N2.N. The lowest BCUT2D eigenvalue weighted by molar-refractivity contribution is -0.117. The summed E-state index contributed by atoms with van der Waals surface area (Å²) in [6, 6.07) is 11.9. The van der Waals surface area contributed by atoms with Gasteiger partial charge in [0.05, 0.1) is 24.4 Å². The summed E-state index contributed by atoms with van der Waals surface area (Å²) in [5.74, 6) is -0.295. The molecule has 4 amide bonds. The molecule has 4 aliphatic heterocycles. The van der Waals surface area contributed by atoms with Crippen LogP contribution in [0.5, 0.6) is 0 Å². The number of aryl methyl sites for hydroxylation is 3. The quantitative estimate of drug-likeness (QED) is 0.130. The molecule has 1 aromatic heterocycles. The third kappa shape index (κ3) is 9.71. The molecular weight excluding hydrogens is 757 g/mol. The van der Waals surface area contributed by atoms with Crippen molar-refractivity contribution in [3.8, 4) is 0 Å². The highest BCUT2D eigenvalue weighted by Crippen LogP contribution is 2.39. The Balaban J connectivity index is 0.000000198. The van der Waals surface area contributed by atoms with Crippen LogP contribution in [0, 0.1) is 27.7 Å². The Kier molecular flexibility index (Phi) is 14.1. The third-order valence-corrected chi connectivity index (χ3v) is 11.9. The van der Waals surface area contributed by atoms with Crippen LogP contribution in [0.15, 0.2) is 64.8 Å². The lowest BCUT2D eigenvalue weighted by Gasteiger charge is -2.26. The molecule has 8 rings (SSSR count). The lowest BCUT2D eigenvalue weighted by atomic mass is 10.00. The predicted octanol–water partition coefficient (Wildman–Crippen LogP) is 6.24. The van der Waals surface area contributed by atoms with Gasteiger partial charge in [-0.25, -0.2) is 0 Å². The van der Waals surface area contributed by atoms with Crippen LogP contribution >= 0.6 is 0 Å². The van der Waals surface area contributed by atoms with E-state index in [9.17, 15) is 19.2 Å². The minimum Gasteiger partial charge on any atom is -0.379 e. The van der Waals surface area contributed by atoms with Gasteiger partial charge in [0.15, 0.2) is 0 Å². The van der Waals surface area contributed by atoms with Crippen molar-refractivity contribution < 1.29 is 23.9 Å². The van der Waals surface area contributed by atoms with Crippen LogP contribution in [-0.2, 0) is 19.1 Å². The van der Waals surface area contributed by atoms with Gasteiger partial charge < -0.3 is 42.0 Å². The molecule has 0 bridgehead atoms. The molecule has 0 saturated carbocycles. The van der Waals surface area contributed by atoms with Gasteiger partial charge in [-0.1, -0.05) is 28.8 Å². The number of likely N-dealkylation sites (tertiary alicyclic amines) is 1. The molecule has 0 spiro atoms. The first kappa shape index (κ1) is 44.0. The summed E-state index contributed by atoms with van der Waals surface area (Å²) in [6.07, 6.45) is 6.99. The highest BCUT2D eigenvalue weighted by atomic mass is 16.5. The van der Waals surface area contributed by atoms with Gasteiger partial charge >= 0.3 is 0 Å². The Bertz CT molecular complexity index is 2300. The highest BCUT2D eigenvalue weighted by Gasteiger charge is 2.29. The average molecular weight is 817 g/mol. The molecule has 1 aliphatic carbocycles. The Morgan fingerprint density at radius 2 is 1.27 bits per heavy atom. The fourth-order valence-electron chi connectivity index (χ4n) is 8.64. The van der Waals surface area contributed by atoms with Crippen LogP contribution in [0.4, 0.5) is 11.4 Å². The molecule has 2 saturated heterocycles. The van der Waals surface area contributed by atoms with Crippen LogP contribution < -0.4 is 27.4 Å². The van der Waals surface area contributed by atoms with Gasteiger partial charge in [-0.05, 0) is 127 Å². The molecule has 13 heteroatoms. The van der Waals surface area contributed by atoms with Gasteiger partial charge in [0.25, 0.3) is 23.6 Å². The van der Waals surface area contributed by atoms with Crippen molar-refractivity contribution >= 4 is 52.2 Å². The summed E-state index contributed by atoms with van der Waals surface area (Å²) < 4.78 is 5.36. The van der Waals surface area contributed by atoms with Crippen molar-refractivity contribution in [1.29, 1.82) is 0 Å². The van der Waals surface area contributed by atoms with E-state index in [4.69, 9.17) is 4.74 Å². The Morgan fingerprint density at radius 3 is 1.85 bits per heavy atom. The topological polar surface area (TPSA) is 183 Å². The number of aromatic amines is 1. The van der Waals surface area contributed by atoms with E-state index in [0.717, 1.165) is 125 Å². The van der Waals surface area contributed by atoms with Crippen molar-refractivity contribution in [2.45, 2.75) is 60.8 Å². The molecule has 13 nitrogen and oxygen atoms in total. The van der Waals surface area contributed by atoms with E-state index in [-0.39, 0.29) is 29.8 Å². The number of ether oxygens (including phenoxy) is 1. The molecule has 0 radical (unpaired) electrons. The number of carbonyl (C=O) groups is 4. The summed E-state index contributed by atoms with van der Waals surface area (Å²) in [5, 5.41) is 12.0. The number of hydrogen-bond donors (Lipinski definition) is 6. The number of amides is 4. The number of nitrogens with zero attached hydrogens (tertiary/aromatic N) is 2. The third-order valence-electron chi connectivity index (χ3n) is 11.9. The summed E-state index contributed by atoms with van der Waals surface area (Å²) in [4.78, 5) is 58.6. The number of nitrogens with one attached hydrogen (secondary N) is 5. The maximum atomic E-state index is 12.9. The summed E-state index contributed by atoms with van der Waals surface area (Å²) in [6.45, 7) is 20.4. The van der Waals surface area contributed by atoms with E-state index in [0.29, 0.717) is 36.2 Å². The molecule has 2 fully saturated rings. The second-order valence-electron chi connectivity index (χ2n) is 16.3. The van der Waals surface area contributed by atoms with E-state index < -0.39 is 0 Å². The van der Waals surface area contributed by atoms with Crippen molar-refractivity contribution in [3.63, 3.8) is 0 Å². The number of aromatic nitrogens is 1. The number of hydrogen-bond acceptors (Lipinski definition) is 8. The minimum atomic E-state index is -0.117. The first-order valence-electron chi connectivity index (χ1n) is 20.8. The molecule has 5 heterocycles. The van der Waals surface area contributed by atoms with Gasteiger partial charge in [-0.15, -0.1) is 0 Å². The maximum Gasteiger partial charge on any atom is 0.256 e. The number of allylic oxidation sites excluding steroid dienone is 3. The first-order valence-corrected chi connectivity index (χ1v) is 20.8. The van der Waals surface area contributed by atoms with Crippen LogP contribution in [0.25, 0.3) is 17.2 Å². The van der Waals surface area contributed by atoms with Crippen molar-refractivity contribution in [2.24, 2.45) is 0 Å². The van der Waals surface area contributed by atoms with Crippen LogP contribution in [0.2, 0.25) is 0 Å². The number of benzene rings is 2. The molecule has 318 valence electrons. The average Bonchev–Trinajstić information content (AvgIpc) is 4.02. The second kappa shape index (κ2) is 19.2. The smallest absolute Gasteiger partial charge is 0.256 e. The molecule has 0 atom stereocenters. The Morgan fingerprint density at radius 1 is 0.733 bits per heavy atom. The monoisotopic (exact) mass is 816 g/mol. The second-order valence-corrected chi connectivity index (χ2v) is 16.3. The fraction of sp³-hybridized carbons (Fsp3) is 0.404. The van der Waals surface area contributed by atoms with Crippen molar-refractivity contribution in [3.05, 3.63) is 110 Å². The summed E-state index contributed by atoms with van der Waals surface area (Å²) >= 11 is 0. The Labute approximate surface area is 353 Å². The molecule has 2 aromatic carbocycles.